The van der Waals surface area contributed by atoms with Gasteiger partial charge in [0.05, 0.1) is 16.8 Å². The molecule has 0 fully saturated rings. The second-order valence-electron chi connectivity index (χ2n) is 7.76. The lowest BCUT2D eigenvalue weighted by Crippen LogP contribution is -2.33. The number of anilines is 3. The van der Waals surface area contributed by atoms with E-state index in [1.165, 1.54) is 0 Å². The van der Waals surface area contributed by atoms with Crippen molar-refractivity contribution in [2.24, 2.45) is 4.99 Å². The van der Waals surface area contributed by atoms with Gasteiger partial charge in [-0.15, -0.1) is 0 Å². The SMILES string of the molecule is CC(C)(C)OC(=O)c1cc(F)c(C2N=C(NC#N)Nc3nc(N)c(C#N)c(N)c32)c(F)c1. The maximum atomic E-state index is 15.1. The van der Waals surface area contributed by atoms with Gasteiger partial charge in [0.25, 0.3) is 0 Å². The number of rotatable bonds is 2. The van der Waals surface area contributed by atoms with Gasteiger partial charge in [0.2, 0.25) is 5.96 Å². The molecule has 1 aromatic heterocycles. The number of benzene rings is 1. The highest BCUT2D eigenvalue weighted by atomic mass is 19.1. The van der Waals surface area contributed by atoms with E-state index < -0.39 is 34.8 Å². The monoisotopic (exact) mass is 440 g/mol. The van der Waals surface area contributed by atoms with Gasteiger partial charge >= 0.3 is 5.97 Å². The minimum Gasteiger partial charge on any atom is -0.456 e. The molecule has 6 N–H and O–H groups in total. The molecular formula is C20H18F2N8O2. The third-order valence-corrected chi connectivity index (χ3v) is 4.34. The first kappa shape index (κ1) is 22.2. The summed E-state index contributed by atoms with van der Waals surface area (Å²) < 4.78 is 35.4. The third-order valence-electron chi connectivity index (χ3n) is 4.34. The molecule has 2 heterocycles. The summed E-state index contributed by atoms with van der Waals surface area (Å²) in [6.45, 7) is 4.85. The number of aliphatic imine (C=N–C) groups is 1. The standard InChI is InChI=1S/C20H18F2N8O2/c1-20(2,3)32-18(31)8-4-10(21)12(11(22)5-8)15-13-14(25)9(6-23)16(26)29-17(13)30-19(28-15)27-7-24/h4-5,15H,1-3H3,(H6,25,26,27,28,29,30). The summed E-state index contributed by atoms with van der Waals surface area (Å²) in [5.41, 5.74) is 9.64. The number of hydrogen-bond donors (Lipinski definition) is 4. The van der Waals surface area contributed by atoms with Gasteiger partial charge in [-0.1, -0.05) is 0 Å². The number of hydrogen-bond acceptors (Lipinski definition) is 10. The molecule has 10 nitrogen and oxygen atoms in total. The van der Waals surface area contributed by atoms with Crippen molar-refractivity contribution in [3.05, 3.63) is 46.0 Å². The minimum absolute atomic E-state index is 0.0120. The van der Waals surface area contributed by atoms with Gasteiger partial charge in [0.1, 0.15) is 46.5 Å². The van der Waals surface area contributed by atoms with Crippen LogP contribution < -0.4 is 22.1 Å². The minimum atomic E-state index is -1.44. The summed E-state index contributed by atoms with van der Waals surface area (Å²) in [4.78, 5) is 20.4. The van der Waals surface area contributed by atoms with E-state index in [1.807, 2.05) is 0 Å². The molecule has 1 unspecified atom stereocenters. The summed E-state index contributed by atoms with van der Waals surface area (Å²) in [5, 5.41) is 23.1. The number of esters is 1. The predicted molar refractivity (Wildman–Crippen MR) is 111 cm³/mol. The quantitative estimate of drug-likeness (QED) is 0.310. The Morgan fingerprint density at radius 1 is 1.22 bits per heavy atom. The fraction of sp³-hybridized carbons (Fsp3) is 0.250. The van der Waals surface area contributed by atoms with Crippen LogP contribution in [0.15, 0.2) is 17.1 Å². The molecule has 0 bridgehead atoms. The average Bonchev–Trinajstić information content (AvgIpc) is 2.66. The lowest BCUT2D eigenvalue weighted by Gasteiger charge is -2.27. The molecule has 0 spiro atoms. The molecule has 1 aromatic carbocycles. The molecule has 0 saturated carbocycles. The van der Waals surface area contributed by atoms with Crippen molar-refractivity contribution in [1.29, 1.82) is 10.5 Å². The second-order valence-corrected chi connectivity index (χ2v) is 7.76. The first-order valence-electron chi connectivity index (χ1n) is 9.18. The molecule has 12 heteroatoms. The maximum absolute atomic E-state index is 15.1. The van der Waals surface area contributed by atoms with Crippen LogP contribution in [-0.4, -0.2) is 22.5 Å². The molecule has 0 radical (unpaired) electrons. The fourth-order valence-corrected chi connectivity index (χ4v) is 3.09. The molecule has 1 aliphatic rings. The van der Waals surface area contributed by atoms with Crippen LogP contribution >= 0.6 is 0 Å². The Hall–Kier alpha value is -4.45. The van der Waals surface area contributed by atoms with E-state index in [2.05, 4.69) is 20.6 Å². The Kier molecular flexibility index (Phi) is 5.56. The van der Waals surface area contributed by atoms with Crippen LogP contribution in [0.2, 0.25) is 0 Å². The van der Waals surface area contributed by atoms with Crippen molar-refractivity contribution in [3.63, 3.8) is 0 Å². The molecule has 32 heavy (non-hydrogen) atoms. The summed E-state index contributed by atoms with van der Waals surface area (Å²) in [5.74, 6) is -3.56. The number of fused-ring (bicyclic) bond motifs is 1. The van der Waals surface area contributed by atoms with Crippen LogP contribution in [0.1, 0.15) is 53.9 Å². The largest absolute Gasteiger partial charge is 0.456 e. The Bertz CT molecular complexity index is 1220. The molecule has 0 aliphatic carbocycles. The molecular weight excluding hydrogens is 422 g/mol. The van der Waals surface area contributed by atoms with Gasteiger partial charge in [-0.05, 0) is 32.9 Å². The number of carbonyl (C=O) groups excluding carboxylic acids is 1. The normalized spacial score (nSPS) is 14.8. The molecule has 0 saturated heterocycles. The zero-order valence-electron chi connectivity index (χ0n) is 17.2. The molecule has 3 rings (SSSR count). The highest BCUT2D eigenvalue weighted by Crippen LogP contribution is 2.42. The van der Waals surface area contributed by atoms with Crippen molar-refractivity contribution in [1.82, 2.24) is 10.3 Å². The average molecular weight is 440 g/mol. The smallest absolute Gasteiger partial charge is 0.338 e. The Morgan fingerprint density at radius 3 is 2.38 bits per heavy atom. The maximum Gasteiger partial charge on any atom is 0.338 e. The highest BCUT2D eigenvalue weighted by molar-refractivity contribution is 5.98. The lowest BCUT2D eigenvalue weighted by atomic mass is 9.93. The zero-order chi connectivity index (χ0) is 23.8. The van der Waals surface area contributed by atoms with Crippen molar-refractivity contribution >= 4 is 29.3 Å². The Morgan fingerprint density at radius 2 is 1.84 bits per heavy atom. The number of nitrogens with one attached hydrogen (secondary N) is 2. The van der Waals surface area contributed by atoms with E-state index in [-0.39, 0.29) is 40.0 Å². The van der Waals surface area contributed by atoms with E-state index >= 15 is 8.78 Å². The van der Waals surface area contributed by atoms with E-state index in [9.17, 15) is 10.1 Å². The molecule has 164 valence electrons. The number of nitriles is 2. The first-order valence-corrected chi connectivity index (χ1v) is 9.18. The van der Waals surface area contributed by atoms with Crippen LogP contribution in [0.25, 0.3) is 0 Å². The number of pyridine rings is 1. The molecule has 1 atom stereocenters. The summed E-state index contributed by atoms with van der Waals surface area (Å²) in [6.07, 6.45) is 1.63. The highest BCUT2D eigenvalue weighted by Gasteiger charge is 2.34. The van der Waals surface area contributed by atoms with Gasteiger partial charge < -0.3 is 21.5 Å². The predicted octanol–water partition coefficient (Wildman–Crippen LogP) is 2.29. The van der Waals surface area contributed by atoms with Crippen LogP contribution in [0.5, 0.6) is 0 Å². The number of nitrogens with two attached hydrogens (primary N) is 2. The number of guanidine groups is 1. The molecule has 0 amide bonds. The van der Waals surface area contributed by atoms with Crippen LogP contribution in [0, 0.1) is 34.4 Å². The van der Waals surface area contributed by atoms with Crippen LogP contribution in [0.3, 0.4) is 0 Å². The lowest BCUT2D eigenvalue weighted by molar-refractivity contribution is 0.00683. The summed E-state index contributed by atoms with van der Waals surface area (Å²) in [7, 11) is 0. The molecule has 2 aromatic rings. The van der Waals surface area contributed by atoms with Gasteiger partial charge in [0.15, 0.2) is 6.19 Å². The third kappa shape index (κ3) is 4.06. The molecule has 1 aliphatic heterocycles. The van der Waals surface area contributed by atoms with Crippen LogP contribution in [0.4, 0.5) is 26.1 Å². The number of halogens is 2. The van der Waals surface area contributed by atoms with E-state index in [0.717, 1.165) is 12.1 Å². The fourth-order valence-electron chi connectivity index (χ4n) is 3.09. The van der Waals surface area contributed by atoms with Crippen LogP contribution in [-0.2, 0) is 4.74 Å². The van der Waals surface area contributed by atoms with Crippen molar-refractivity contribution < 1.29 is 18.3 Å². The van der Waals surface area contributed by atoms with Gasteiger partial charge in [-0.2, -0.15) is 10.5 Å². The summed E-state index contributed by atoms with van der Waals surface area (Å²) >= 11 is 0. The van der Waals surface area contributed by atoms with E-state index in [4.69, 9.17) is 21.5 Å². The van der Waals surface area contributed by atoms with Gasteiger partial charge in [-0.3, -0.25) is 5.32 Å². The van der Waals surface area contributed by atoms with Gasteiger partial charge in [0, 0.05) is 5.56 Å². The number of aromatic nitrogens is 1. The number of carbonyl (C=O) groups is 1. The van der Waals surface area contributed by atoms with Crippen molar-refractivity contribution in [3.8, 4) is 12.3 Å². The number of nitrogen functional groups attached to an aromatic ring is 2. The Labute approximate surface area is 181 Å². The Balaban J connectivity index is 2.20. The number of ether oxygens (including phenoxy) is 1. The first-order chi connectivity index (χ1) is 15.0. The van der Waals surface area contributed by atoms with Gasteiger partial charge in [-0.25, -0.2) is 23.6 Å². The van der Waals surface area contributed by atoms with E-state index in [0.29, 0.717) is 0 Å². The van der Waals surface area contributed by atoms with E-state index in [1.54, 1.807) is 33.0 Å². The topological polar surface area (TPSA) is 175 Å². The van der Waals surface area contributed by atoms with Crippen molar-refractivity contribution in [2.45, 2.75) is 32.4 Å². The summed E-state index contributed by atoms with van der Waals surface area (Å²) in [6, 6.07) is 1.98. The van der Waals surface area contributed by atoms with Crippen molar-refractivity contribution in [2.75, 3.05) is 16.8 Å². The number of nitrogens with zero attached hydrogens (tertiary/aromatic N) is 4. The zero-order valence-corrected chi connectivity index (χ0v) is 17.2. The second kappa shape index (κ2) is 8.00.